The van der Waals surface area contributed by atoms with Gasteiger partial charge in [0.1, 0.15) is 5.60 Å². The van der Waals surface area contributed by atoms with Gasteiger partial charge in [-0.3, -0.25) is 9.52 Å². The molecule has 0 bridgehead atoms. The van der Waals surface area contributed by atoms with Crippen molar-refractivity contribution >= 4 is 33.4 Å². The molecule has 1 aromatic carbocycles. The second kappa shape index (κ2) is 8.78. The Morgan fingerprint density at radius 1 is 1.18 bits per heavy atom. The molecule has 1 aromatic rings. The van der Waals surface area contributed by atoms with Crippen LogP contribution in [0.3, 0.4) is 0 Å². The van der Waals surface area contributed by atoms with Crippen molar-refractivity contribution in [3.05, 3.63) is 24.3 Å². The highest BCUT2D eigenvalue weighted by Gasteiger charge is 2.30. The molecule has 2 amide bonds. The van der Waals surface area contributed by atoms with Crippen molar-refractivity contribution in [1.82, 2.24) is 5.32 Å². The summed E-state index contributed by atoms with van der Waals surface area (Å²) in [6, 6.07) is 6.07. The Kier molecular flexibility index (Phi) is 6.89. The summed E-state index contributed by atoms with van der Waals surface area (Å²) in [4.78, 5) is 24.5. The Labute approximate surface area is 165 Å². The van der Waals surface area contributed by atoms with E-state index in [0.29, 0.717) is 24.4 Å². The van der Waals surface area contributed by atoms with Crippen molar-refractivity contribution in [2.24, 2.45) is 5.92 Å². The van der Waals surface area contributed by atoms with Crippen molar-refractivity contribution in [2.45, 2.75) is 38.8 Å². The first kappa shape index (κ1) is 22.0. The maximum absolute atomic E-state index is 12.6. The first-order valence-electron chi connectivity index (χ1n) is 8.87. The zero-order valence-corrected chi connectivity index (χ0v) is 17.3. The molecule has 0 aromatic heterocycles. The lowest BCUT2D eigenvalue weighted by molar-refractivity contribution is -0.124. The summed E-state index contributed by atoms with van der Waals surface area (Å²) < 4.78 is 35.7. The second-order valence-corrected chi connectivity index (χ2v) is 9.51. The summed E-state index contributed by atoms with van der Waals surface area (Å²) in [6.45, 7) is 5.85. The maximum Gasteiger partial charge on any atom is 0.407 e. The van der Waals surface area contributed by atoms with Crippen LogP contribution >= 0.6 is 0 Å². The van der Waals surface area contributed by atoms with E-state index in [0.717, 1.165) is 6.26 Å². The first-order chi connectivity index (χ1) is 12.9. The fourth-order valence-corrected chi connectivity index (χ4v) is 3.26. The van der Waals surface area contributed by atoms with Gasteiger partial charge >= 0.3 is 6.09 Å². The number of alkyl carbamates (subject to hydrolysis) is 1. The van der Waals surface area contributed by atoms with E-state index in [1.54, 1.807) is 39.0 Å². The van der Waals surface area contributed by atoms with Gasteiger partial charge in [-0.15, -0.1) is 0 Å². The Morgan fingerprint density at radius 3 is 2.50 bits per heavy atom. The fourth-order valence-electron chi connectivity index (χ4n) is 2.71. The number of carbonyl (C=O) groups excluding carboxylic acids is 2. The quantitative estimate of drug-likeness (QED) is 0.678. The van der Waals surface area contributed by atoms with Crippen LogP contribution in [-0.2, 0) is 24.3 Å². The first-order valence-corrected chi connectivity index (χ1v) is 10.8. The molecule has 10 heteroatoms. The van der Waals surface area contributed by atoms with Crippen LogP contribution in [0.2, 0.25) is 0 Å². The average molecular weight is 413 g/mol. The molecular formula is C18H27N3O6S. The van der Waals surface area contributed by atoms with Crippen LogP contribution in [0.25, 0.3) is 0 Å². The van der Waals surface area contributed by atoms with Crippen molar-refractivity contribution < 1.29 is 27.5 Å². The van der Waals surface area contributed by atoms with E-state index in [2.05, 4.69) is 15.4 Å². The lowest BCUT2D eigenvalue weighted by atomic mass is 9.97. The van der Waals surface area contributed by atoms with E-state index in [-0.39, 0.29) is 18.6 Å². The predicted molar refractivity (Wildman–Crippen MR) is 106 cm³/mol. The van der Waals surface area contributed by atoms with Gasteiger partial charge in [0.05, 0.1) is 37.1 Å². The number of carbonyl (C=O) groups is 2. The molecule has 2 atom stereocenters. The van der Waals surface area contributed by atoms with Gasteiger partial charge in [0, 0.05) is 5.69 Å². The zero-order valence-electron chi connectivity index (χ0n) is 16.4. The minimum absolute atomic E-state index is 0.236. The SMILES string of the molecule is CC(C)(C)OC(=O)N[C@@H]1COC[C@H](C(=O)Nc2cccc(NS(C)(=O)=O)c2)C1. The number of hydrogen-bond donors (Lipinski definition) is 3. The highest BCUT2D eigenvalue weighted by molar-refractivity contribution is 7.92. The molecule has 0 unspecified atom stereocenters. The number of rotatable bonds is 5. The monoisotopic (exact) mass is 413 g/mol. The summed E-state index contributed by atoms with van der Waals surface area (Å²) in [5.74, 6) is -0.729. The second-order valence-electron chi connectivity index (χ2n) is 7.76. The summed E-state index contributed by atoms with van der Waals surface area (Å²) >= 11 is 0. The van der Waals surface area contributed by atoms with Crippen LogP contribution in [0.5, 0.6) is 0 Å². The van der Waals surface area contributed by atoms with Crippen molar-refractivity contribution in [3.8, 4) is 0 Å². The van der Waals surface area contributed by atoms with E-state index < -0.39 is 27.6 Å². The fraction of sp³-hybridized carbons (Fsp3) is 0.556. The number of sulfonamides is 1. The minimum Gasteiger partial charge on any atom is -0.444 e. The Bertz CT molecular complexity index is 819. The molecule has 1 aliphatic rings. The molecule has 28 heavy (non-hydrogen) atoms. The van der Waals surface area contributed by atoms with Crippen LogP contribution in [0.15, 0.2) is 24.3 Å². The smallest absolute Gasteiger partial charge is 0.407 e. The van der Waals surface area contributed by atoms with Gasteiger partial charge in [0.15, 0.2) is 0 Å². The lowest BCUT2D eigenvalue weighted by Gasteiger charge is -2.30. The maximum atomic E-state index is 12.6. The molecule has 0 radical (unpaired) electrons. The van der Waals surface area contributed by atoms with Gasteiger partial charge in [0.25, 0.3) is 0 Å². The molecule has 1 heterocycles. The summed E-state index contributed by atoms with van der Waals surface area (Å²) in [5, 5.41) is 5.47. The van der Waals surface area contributed by atoms with E-state index in [9.17, 15) is 18.0 Å². The van der Waals surface area contributed by atoms with Crippen LogP contribution < -0.4 is 15.4 Å². The number of nitrogens with one attached hydrogen (secondary N) is 3. The molecule has 2 rings (SSSR count). The Morgan fingerprint density at radius 2 is 1.86 bits per heavy atom. The van der Waals surface area contributed by atoms with Crippen molar-refractivity contribution in [2.75, 3.05) is 29.5 Å². The average Bonchev–Trinajstić information content (AvgIpc) is 2.51. The normalized spacial score (nSPS) is 20.1. The lowest BCUT2D eigenvalue weighted by Crippen LogP contribution is -2.47. The van der Waals surface area contributed by atoms with Gasteiger partial charge in [-0.2, -0.15) is 0 Å². The topological polar surface area (TPSA) is 123 Å². The number of amides is 2. The van der Waals surface area contributed by atoms with Crippen LogP contribution in [0, 0.1) is 5.92 Å². The highest BCUT2D eigenvalue weighted by atomic mass is 32.2. The van der Waals surface area contributed by atoms with E-state index in [1.807, 2.05) is 0 Å². The van der Waals surface area contributed by atoms with Gasteiger partial charge in [-0.25, -0.2) is 13.2 Å². The van der Waals surface area contributed by atoms with Crippen LogP contribution in [0.1, 0.15) is 27.2 Å². The van der Waals surface area contributed by atoms with Gasteiger partial charge in [-0.1, -0.05) is 6.07 Å². The predicted octanol–water partition coefficient (Wildman–Crippen LogP) is 1.93. The third-order valence-electron chi connectivity index (χ3n) is 3.73. The molecule has 0 aliphatic carbocycles. The molecule has 1 aliphatic heterocycles. The Balaban J connectivity index is 1.93. The minimum atomic E-state index is -3.41. The standard InChI is InChI=1S/C18H27N3O6S/c1-18(2,3)27-17(23)20-15-8-12(10-26-11-15)16(22)19-13-6-5-7-14(9-13)21-28(4,24)25/h5-7,9,12,15,21H,8,10-11H2,1-4H3,(H,19,22)(H,20,23)/t12-,15+/m1/s1. The third kappa shape index (κ3) is 7.73. The molecule has 0 spiro atoms. The van der Waals surface area contributed by atoms with Gasteiger partial charge in [0.2, 0.25) is 15.9 Å². The zero-order chi connectivity index (χ0) is 20.9. The summed E-state index contributed by atoms with van der Waals surface area (Å²) in [6.07, 6.45) is 0.906. The number of anilines is 2. The Hall–Kier alpha value is -2.33. The van der Waals surface area contributed by atoms with E-state index >= 15 is 0 Å². The highest BCUT2D eigenvalue weighted by Crippen LogP contribution is 2.20. The molecule has 9 nitrogen and oxygen atoms in total. The summed E-state index contributed by atoms with van der Waals surface area (Å²) in [7, 11) is -3.41. The third-order valence-corrected chi connectivity index (χ3v) is 4.34. The molecule has 156 valence electrons. The molecule has 1 fully saturated rings. The van der Waals surface area contributed by atoms with E-state index in [1.165, 1.54) is 6.07 Å². The van der Waals surface area contributed by atoms with Crippen LogP contribution in [-0.4, -0.2) is 51.5 Å². The van der Waals surface area contributed by atoms with Gasteiger partial charge in [-0.05, 0) is 45.4 Å². The number of benzene rings is 1. The van der Waals surface area contributed by atoms with E-state index in [4.69, 9.17) is 9.47 Å². The van der Waals surface area contributed by atoms with Gasteiger partial charge < -0.3 is 20.1 Å². The molecule has 0 saturated carbocycles. The molecule has 3 N–H and O–H groups in total. The van der Waals surface area contributed by atoms with Crippen molar-refractivity contribution in [3.63, 3.8) is 0 Å². The largest absolute Gasteiger partial charge is 0.444 e. The van der Waals surface area contributed by atoms with Crippen molar-refractivity contribution in [1.29, 1.82) is 0 Å². The number of hydrogen-bond acceptors (Lipinski definition) is 6. The number of ether oxygens (including phenoxy) is 2. The molecule has 1 saturated heterocycles. The summed E-state index contributed by atoms with van der Waals surface area (Å²) in [5.41, 5.74) is 0.201. The van der Waals surface area contributed by atoms with Crippen LogP contribution in [0.4, 0.5) is 16.2 Å². The molecular weight excluding hydrogens is 386 g/mol.